The summed E-state index contributed by atoms with van der Waals surface area (Å²) in [4.78, 5) is 21.3. The quantitative estimate of drug-likeness (QED) is 0.305. The maximum atomic E-state index is 11.6. The molecule has 1 heterocycles. The molecule has 2 N–H and O–H groups in total. The number of aryl methyl sites for hydroxylation is 2. The standard InChI is InChI=1S/C26H30N2O5/c1-5-19-7-11-21(12-8-19)25-27-24(18(4)33-25)16-31-22-13-9-20(10-14-22)15-23(26(29)30)17(3)28-32-6-2/h7-14,28H,5-6,15-16H2,1-4H3,(H,29,30). The number of hydrogen-bond donors (Lipinski definition) is 2. The molecule has 0 bridgehead atoms. The van der Waals surface area contributed by atoms with E-state index in [0.29, 0.717) is 23.9 Å². The van der Waals surface area contributed by atoms with Crippen LogP contribution in [-0.4, -0.2) is 22.7 Å². The summed E-state index contributed by atoms with van der Waals surface area (Å²) in [5.41, 5.74) is 7.18. The lowest BCUT2D eigenvalue weighted by molar-refractivity contribution is -0.132. The predicted octanol–water partition coefficient (Wildman–Crippen LogP) is 5.23. The average Bonchev–Trinajstić information content (AvgIpc) is 3.20. The van der Waals surface area contributed by atoms with Gasteiger partial charge in [0.25, 0.3) is 0 Å². The highest BCUT2D eigenvalue weighted by Crippen LogP contribution is 2.24. The highest BCUT2D eigenvalue weighted by molar-refractivity contribution is 5.87. The minimum atomic E-state index is -0.985. The molecule has 3 rings (SSSR count). The highest BCUT2D eigenvalue weighted by Gasteiger charge is 2.14. The molecule has 0 unspecified atom stereocenters. The van der Waals surface area contributed by atoms with Crippen molar-refractivity contribution in [3.05, 3.63) is 82.4 Å². The molecule has 0 atom stereocenters. The van der Waals surface area contributed by atoms with Crippen LogP contribution in [0.15, 0.2) is 64.2 Å². The molecule has 0 aliphatic rings. The number of hydrogen-bond acceptors (Lipinski definition) is 6. The van der Waals surface area contributed by atoms with Crippen LogP contribution in [0.1, 0.15) is 43.4 Å². The number of aromatic nitrogens is 1. The lowest BCUT2D eigenvalue weighted by Crippen LogP contribution is -2.18. The first kappa shape index (κ1) is 24.1. The van der Waals surface area contributed by atoms with E-state index in [1.165, 1.54) is 5.56 Å². The van der Waals surface area contributed by atoms with Crippen LogP contribution in [0.3, 0.4) is 0 Å². The molecular formula is C26H30N2O5. The number of benzene rings is 2. The number of allylic oxidation sites excluding steroid dienone is 1. The maximum Gasteiger partial charge on any atom is 0.333 e. The number of nitrogens with one attached hydrogen (secondary N) is 1. The van der Waals surface area contributed by atoms with Gasteiger partial charge in [0.05, 0.1) is 12.2 Å². The first-order valence-electron chi connectivity index (χ1n) is 11.0. The lowest BCUT2D eigenvalue weighted by atomic mass is 10.0. The molecule has 3 aromatic rings. The Morgan fingerprint density at radius 3 is 2.33 bits per heavy atom. The third-order valence-electron chi connectivity index (χ3n) is 5.26. The van der Waals surface area contributed by atoms with Crippen molar-refractivity contribution in [2.24, 2.45) is 0 Å². The van der Waals surface area contributed by atoms with Gasteiger partial charge in [-0.15, -0.1) is 0 Å². The molecule has 1 aromatic heterocycles. The third kappa shape index (κ3) is 6.46. The predicted molar refractivity (Wildman–Crippen MR) is 126 cm³/mol. The van der Waals surface area contributed by atoms with E-state index in [0.717, 1.165) is 29.0 Å². The second-order valence-electron chi connectivity index (χ2n) is 7.63. The van der Waals surface area contributed by atoms with Crippen LogP contribution in [-0.2, 0) is 29.1 Å². The molecule has 0 spiro atoms. The number of ether oxygens (including phenoxy) is 1. The van der Waals surface area contributed by atoms with E-state index in [-0.39, 0.29) is 18.6 Å². The molecular weight excluding hydrogens is 420 g/mol. The Kier molecular flexibility index (Phi) is 8.27. The van der Waals surface area contributed by atoms with Gasteiger partial charge in [0, 0.05) is 17.7 Å². The number of carboxylic acids is 1. The third-order valence-corrected chi connectivity index (χ3v) is 5.26. The fourth-order valence-electron chi connectivity index (χ4n) is 3.24. The van der Waals surface area contributed by atoms with Gasteiger partial charge >= 0.3 is 5.97 Å². The molecule has 7 nitrogen and oxygen atoms in total. The van der Waals surface area contributed by atoms with E-state index < -0.39 is 5.97 Å². The summed E-state index contributed by atoms with van der Waals surface area (Å²) in [6.07, 6.45) is 1.25. The summed E-state index contributed by atoms with van der Waals surface area (Å²) in [5, 5.41) is 9.51. The van der Waals surface area contributed by atoms with Crippen molar-refractivity contribution in [1.29, 1.82) is 0 Å². The van der Waals surface area contributed by atoms with Gasteiger partial charge in [-0.05, 0) is 62.6 Å². The number of aliphatic carboxylic acids is 1. The second kappa shape index (κ2) is 11.3. The zero-order valence-corrected chi connectivity index (χ0v) is 19.5. The van der Waals surface area contributed by atoms with Crippen molar-refractivity contribution in [1.82, 2.24) is 10.5 Å². The van der Waals surface area contributed by atoms with Crippen molar-refractivity contribution in [3.63, 3.8) is 0 Å². The van der Waals surface area contributed by atoms with Gasteiger partial charge in [0.15, 0.2) is 0 Å². The van der Waals surface area contributed by atoms with Crippen molar-refractivity contribution in [3.8, 4) is 17.2 Å². The normalized spacial score (nSPS) is 11.8. The summed E-state index contributed by atoms with van der Waals surface area (Å²) in [7, 11) is 0. The first-order valence-corrected chi connectivity index (χ1v) is 11.0. The number of carboxylic acid groups (broad SMARTS) is 1. The van der Waals surface area contributed by atoms with E-state index in [2.05, 4.69) is 29.5 Å². The van der Waals surface area contributed by atoms with Crippen LogP contribution in [0.5, 0.6) is 5.75 Å². The maximum absolute atomic E-state index is 11.6. The summed E-state index contributed by atoms with van der Waals surface area (Å²) in [6, 6.07) is 15.5. The van der Waals surface area contributed by atoms with Crippen LogP contribution in [0, 0.1) is 6.92 Å². The van der Waals surface area contributed by atoms with Gasteiger partial charge in [-0.3, -0.25) is 10.3 Å². The lowest BCUT2D eigenvalue weighted by Gasteiger charge is -2.11. The van der Waals surface area contributed by atoms with Gasteiger partial charge in [0.1, 0.15) is 23.8 Å². The Morgan fingerprint density at radius 2 is 1.73 bits per heavy atom. The second-order valence-corrected chi connectivity index (χ2v) is 7.63. The zero-order valence-electron chi connectivity index (χ0n) is 19.5. The van der Waals surface area contributed by atoms with E-state index in [9.17, 15) is 9.90 Å². The van der Waals surface area contributed by atoms with Gasteiger partial charge in [0.2, 0.25) is 5.89 Å². The molecule has 174 valence electrons. The summed E-state index contributed by atoms with van der Waals surface area (Å²) in [5.74, 6) is 0.976. The zero-order chi connectivity index (χ0) is 23.8. The van der Waals surface area contributed by atoms with Gasteiger partial charge in [-0.1, -0.05) is 31.2 Å². The minimum absolute atomic E-state index is 0.245. The fraction of sp³-hybridized carbons (Fsp3) is 0.308. The van der Waals surface area contributed by atoms with Crippen molar-refractivity contribution in [2.75, 3.05) is 6.61 Å². The van der Waals surface area contributed by atoms with E-state index in [4.69, 9.17) is 14.0 Å². The highest BCUT2D eigenvalue weighted by atomic mass is 16.6. The molecule has 0 amide bonds. The number of hydroxylamine groups is 1. The van der Waals surface area contributed by atoms with Crippen molar-refractivity contribution in [2.45, 2.75) is 47.1 Å². The fourth-order valence-corrected chi connectivity index (χ4v) is 3.24. The summed E-state index contributed by atoms with van der Waals surface area (Å²) < 4.78 is 11.7. The van der Waals surface area contributed by atoms with E-state index in [1.807, 2.05) is 50.2 Å². The molecule has 7 heteroatoms. The monoisotopic (exact) mass is 450 g/mol. The number of nitrogens with zero attached hydrogens (tertiary/aromatic N) is 1. The first-order chi connectivity index (χ1) is 15.9. The van der Waals surface area contributed by atoms with Gasteiger partial charge in [-0.25, -0.2) is 9.78 Å². The molecule has 0 fully saturated rings. The Bertz CT molecular complexity index is 1100. The van der Waals surface area contributed by atoms with Crippen LogP contribution < -0.4 is 10.2 Å². The smallest absolute Gasteiger partial charge is 0.333 e. The molecule has 33 heavy (non-hydrogen) atoms. The molecule has 0 saturated carbocycles. The average molecular weight is 451 g/mol. The SMILES string of the molecule is CCONC(C)=C(Cc1ccc(OCc2nc(-c3ccc(CC)cc3)oc2C)cc1)C(=O)O. The molecule has 0 aliphatic heterocycles. The van der Waals surface area contributed by atoms with Crippen LogP contribution in [0.4, 0.5) is 0 Å². The van der Waals surface area contributed by atoms with Crippen LogP contribution in [0.2, 0.25) is 0 Å². The van der Waals surface area contributed by atoms with Crippen molar-refractivity contribution < 1.29 is 23.9 Å². The minimum Gasteiger partial charge on any atom is -0.487 e. The molecule has 0 saturated heterocycles. The Labute approximate surface area is 194 Å². The number of rotatable bonds is 11. The number of carbonyl (C=O) groups is 1. The Morgan fingerprint density at radius 1 is 1.06 bits per heavy atom. The molecule has 2 aromatic carbocycles. The summed E-state index contributed by atoms with van der Waals surface area (Å²) >= 11 is 0. The van der Waals surface area contributed by atoms with Gasteiger partial charge in [-0.2, -0.15) is 0 Å². The van der Waals surface area contributed by atoms with E-state index in [1.54, 1.807) is 6.92 Å². The topological polar surface area (TPSA) is 93.8 Å². The number of oxazole rings is 1. The van der Waals surface area contributed by atoms with Crippen LogP contribution in [0.25, 0.3) is 11.5 Å². The van der Waals surface area contributed by atoms with Crippen molar-refractivity contribution >= 4 is 5.97 Å². The molecule has 0 radical (unpaired) electrons. The largest absolute Gasteiger partial charge is 0.487 e. The van der Waals surface area contributed by atoms with Crippen LogP contribution >= 0.6 is 0 Å². The van der Waals surface area contributed by atoms with Gasteiger partial charge < -0.3 is 14.3 Å². The summed E-state index contributed by atoms with van der Waals surface area (Å²) in [6.45, 7) is 8.22. The Balaban J connectivity index is 1.63. The Hall–Kier alpha value is -3.58. The molecule has 0 aliphatic carbocycles. The van der Waals surface area contributed by atoms with E-state index >= 15 is 0 Å².